The number of halogens is 1. The summed E-state index contributed by atoms with van der Waals surface area (Å²) in [5.41, 5.74) is 1.05. The molecule has 0 unspecified atom stereocenters. The number of hydrogen-bond donors (Lipinski definition) is 0. The Balaban J connectivity index is 1.31. The molecule has 3 heterocycles. The van der Waals surface area contributed by atoms with E-state index in [4.69, 9.17) is 0 Å². The van der Waals surface area contributed by atoms with Gasteiger partial charge in [-0.15, -0.1) is 10.2 Å². The molecule has 0 amide bonds. The minimum Gasteiger partial charge on any atom is -0.314 e. The lowest BCUT2D eigenvalue weighted by Crippen LogP contribution is -2.45. The van der Waals surface area contributed by atoms with E-state index in [-0.39, 0.29) is 5.82 Å². The molecule has 25 heavy (non-hydrogen) atoms. The van der Waals surface area contributed by atoms with Crippen molar-refractivity contribution >= 4 is 0 Å². The lowest BCUT2D eigenvalue weighted by Gasteiger charge is -2.34. The molecule has 2 aliphatic rings. The van der Waals surface area contributed by atoms with E-state index in [1.54, 1.807) is 12.1 Å². The van der Waals surface area contributed by atoms with Gasteiger partial charge in [0.05, 0.1) is 6.54 Å². The molecule has 0 atom stereocenters. The minimum atomic E-state index is -0.149. The zero-order valence-electron chi connectivity index (χ0n) is 14.7. The van der Waals surface area contributed by atoms with Crippen LogP contribution in [0.2, 0.25) is 0 Å². The Morgan fingerprint density at radius 1 is 0.880 bits per heavy atom. The predicted octanol–water partition coefficient (Wildman–Crippen LogP) is 2.46. The number of hydrogen-bond acceptors (Lipinski definition) is 4. The van der Waals surface area contributed by atoms with Gasteiger partial charge in [-0.3, -0.25) is 9.80 Å². The normalized spacial score (nSPS) is 19.6. The molecule has 0 N–H and O–H groups in total. The van der Waals surface area contributed by atoms with E-state index in [9.17, 15) is 4.39 Å². The quantitative estimate of drug-likeness (QED) is 0.855. The Morgan fingerprint density at radius 2 is 1.68 bits per heavy atom. The molecule has 0 saturated carbocycles. The second kappa shape index (κ2) is 7.62. The third kappa shape index (κ3) is 4.07. The summed E-state index contributed by atoms with van der Waals surface area (Å²) < 4.78 is 15.7. The molecule has 2 aliphatic heterocycles. The van der Waals surface area contributed by atoms with Crippen LogP contribution in [-0.4, -0.2) is 50.7 Å². The molecular formula is C19H26FN5. The van der Waals surface area contributed by atoms with Crippen LogP contribution in [0, 0.1) is 5.82 Å². The Labute approximate surface area is 148 Å². The zero-order chi connectivity index (χ0) is 17.1. The number of rotatable bonds is 4. The molecular weight excluding hydrogens is 317 g/mol. The first-order valence-corrected chi connectivity index (χ1v) is 9.38. The highest BCUT2D eigenvalue weighted by molar-refractivity contribution is 5.16. The van der Waals surface area contributed by atoms with Crippen LogP contribution in [-0.2, 0) is 26.1 Å². The SMILES string of the molecule is Fc1cccc(CN2CCN(Cc3nnc4n3CCCCC4)CC2)c1. The van der Waals surface area contributed by atoms with Crippen molar-refractivity contribution in [2.75, 3.05) is 26.2 Å². The number of nitrogens with zero attached hydrogens (tertiary/aromatic N) is 5. The molecule has 4 rings (SSSR count). The van der Waals surface area contributed by atoms with Crippen LogP contribution in [0.4, 0.5) is 4.39 Å². The molecule has 6 heteroatoms. The minimum absolute atomic E-state index is 0.149. The Morgan fingerprint density at radius 3 is 2.48 bits per heavy atom. The number of piperazine rings is 1. The first-order chi connectivity index (χ1) is 12.3. The molecule has 5 nitrogen and oxygen atoms in total. The molecule has 1 aromatic carbocycles. The fourth-order valence-electron chi connectivity index (χ4n) is 3.86. The zero-order valence-corrected chi connectivity index (χ0v) is 14.7. The van der Waals surface area contributed by atoms with Gasteiger partial charge in [-0.25, -0.2) is 4.39 Å². The summed E-state index contributed by atoms with van der Waals surface area (Å²) in [5, 5.41) is 8.85. The molecule has 1 aromatic heterocycles. The van der Waals surface area contributed by atoms with Crippen molar-refractivity contribution in [2.45, 2.75) is 45.3 Å². The van der Waals surface area contributed by atoms with Crippen LogP contribution in [0.5, 0.6) is 0 Å². The van der Waals surface area contributed by atoms with Gasteiger partial charge in [-0.2, -0.15) is 0 Å². The Kier molecular flexibility index (Phi) is 5.08. The van der Waals surface area contributed by atoms with E-state index < -0.39 is 0 Å². The summed E-state index contributed by atoms with van der Waals surface area (Å²) in [6, 6.07) is 6.93. The maximum Gasteiger partial charge on any atom is 0.147 e. The number of fused-ring (bicyclic) bond motifs is 1. The standard InChI is InChI=1S/C19H26FN5/c20-17-6-4-5-16(13-17)14-23-9-11-24(12-10-23)15-19-22-21-18-7-2-1-3-8-25(18)19/h4-6,13H,1-3,7-12,14-15H2. The van der Waals surface area contributed by atoms with Crippen molar-refractivity contribution in [2.24, 2.45) is 0 Å². The van der Waals surface area contributed by atoms with Crippen LogP contribution in [0.15, 0.2) is 24.3 Å². The van der Waals surface area contributed by atoms with Crippen LogP contribution in [0.1, 0.15) is 36.5 Å². The highest BCUT2D eigenvalue weighted by Crippen LogP contribution is 2.17. The van der Waals surface area contributed by atoms with Crippen molar-refractivity contribution in [3.63, 3.8) is 0 Å². The average Bonchev–Trinajstić information content (AvgIpc) is 2.84. The molecule has 1 saturated heterocycles. The van der Waals surface area contributed by atoms with E-state index in [2.05, 4.69) is 24.6 Å². The largest absolute Gasteiger partial charge is 0.314 e. The van der Waals surface area contributed by atoms with Gasteiger partial charge in [-0.05, 0) is 30.5 Å². The number of aromatic nitrogens is 3. The Bertz CT molecular complexity index is 706. The molecule has 0 radical (unpaired) electrons. The lowest BCUT2D eigenvalue weighted by molar-refractivity contribution is 0.118. The van der Waals surface area contributed by atoms with Gasteiger partial charge in [0.25, 0.3) is 0 Å². The molecule has 0 bridgehead atoms. The summed E-state index contributed by atoms with van der Waals surface area (Å²) in [4.78, 5) is 4.86. The van der Waals surface area contributed by atoms with Crippen molar-refractivity contribution < 1.29 is 4.39 Å². The third-order valence-corrected chi connectivity index (χ3v) is 5.31. The van der Waals surface area contributed by atoms with Gasteiger partial charge in [0.2, 0.25) is 0 Å². The van der Waals surface area contributed by atoms with E-state index in [0.717, 1.165) is 69.4 Å². The summed E-state index contributed by atoms with van der Waals surface area (Å²) in [7, 11) is 0. The van der Waals surface area contributed by atoms with Crippen molar-refractivity contribution in [3.05, 3.63) is 47.3 Å². The molecule has 134 valence electrons. The summed E-state index contributed by atoms with van der Waals surface area (Å²) in [5.74, 6) is 2.14. The Hall–Kier alpha value is -1.79. The van der Waals surface area contributed by atoms with E-state index in [0.29, 0.717) is 0 Å². The lowest BCUT2D eigenvalue weighted by atomic mass is 10.2. The monoisotopic (exact) mass is 343 g/mol. The van der Waals surface area contributed by atoms with Crippen molar-refractivity contribution in [1.29, 1.82) is 0 Å². The summed E-state index contributed by atoms with van der Waals surface area (Å²) in [6.07, 6.45) is 4.83. The highest BCUT2D eigenvalue weighted by atomic mass is 19.1. The van der Waals surface area contributed by atoms with E-state index in [1.165, 1.54) is 25.3 Å². The maximum atomic E-state index is 13.3. The summed E-state index contributed by atoms with van der Waals surface area (Å²) in [6.45, 7) is 6.86. The second-order valence-corrected chi connectivity index (χ2v) is 7.18. The van der Waals surface area contributed by atoms with Gasteiger partial charge >= 0.3 is 0 Å². The van der Waals surface area contributed by atoms with Crippen LogP contribution >= 0.6 is 0 Å². The fraction of sp³-hybridized carbons (Fsp3) is 0.579. The summed E-state index contributed by atoms with van der Waals surface area (Å²) >= 11 is 0. The van der Waals surface area contributed by atoms with Crippen LogP contribution < -0.4 is 0 Å². The predicted molar refractivity (Wildman–Crippen MR) is 94.5 cm³/mol. The molecule has 0 spiro atoms. The molecule has 2 aromatic rings. The smallest absolute Gasteiger partial charge is 0.147 e. The van der Waals surface area contributed by atoms with E-state index in [1.807, 2.05) is 6.07 Å². The van der Waals surface area contributed by atoms with Gasteiger partial charge in [0.15, 0.2) is 0 Å². The van der Waals surface area contributed by atoms with Gasteiger partial charge in [0.1, 0.15) is 17.5 Å². The topological polar surface area (TPSA) is 37.2 Å². The molecule has 0 aliphatic carbocycles. The van der Waals surface area contributed by atoms with Crippen LogP contribution in [0.3, 0.4) is 0 Å². The van der Waals surface area contributed by atoms with E-state index >= 15 is 0 Å². The number of aryl methyl sites for hydroxylation is 1. The van der Waals surface area contributed by atoms with Crippen molar-refractivity contribution in [3.8, 4) is 0 Å². The highest BCUT2D eigenvalue weighted by Gasteiger charge is 2.21. The average molecular weight is 343 g/mol. The van der Waals surface area contributed by atoms with Gasteiger partial charge in [-0.1, -0.05) is 18.6 Å². The second-order valence-electron chi connectivity index (χ2n) is 7.18. The molecule has 1 fully saturated rings. The van der Waals surface area contributed by atoms with Crippen molar-refractivity contribution in [1.82, 2.24) is 24.6 Å². The first-order valence-electron chi connectivity index (χ1n) is 9.38. The fourth-order valence-corrected chi connectivity index (χ4v) is 3.86. The maximum absolute atomic E-state index is 13.3. The first kappa shape index (κ1) is 16.7. The number of benzene rings is 1. The third-order valence-electron chi connectivity index (χ3n) is 5.31. The van der Waals surface area contributed by atoms with Gasteiger partial charge in [0, 0.05) is 45.7 Å². The van der Waals surface area contributed by atoms with Crippen LogP contribution in [0.25, 0.3) is 0 Å². The van der Waals surface area contributed by atoms with Gasteiger partial charge < -0.3 is 4.57 Å².